The second-order valence-corrected chi connectivity index (χ2v) is 8.62. The van der Waals surface area contributed by atoms with Gasteiger partial charge in [0.25, 0.3) is 17.1 Å². The normalized spacial score (nSPS) is 15.7. The number of hydrogen-bond donors (Lipinski definition) is 1. The van der Waals surface area contributed by atoms with Crippen LogP contribution in [0.4, 0.5) is 9.18 Å². The van der Waals surface area contributed by atoms with Crippen molar-refractivity contribution in [3.05, 3.63) is 112 Å². The number of nitrogens with zero attached hydrogens (tertiary/aromatic N) is 1. The van der Waals surface area contributed by atoms with Crippen LogP contribution in [0.3, 0.4) is 0 Å². The van der Waals surface area contributed by atoms with Crippen molar-refractivity contribution >= 4 is 34.9 Å². The SMILES string of the molecule is C[C@@H](NC(=O)c1ccc(/C=C2\SC(=O)N(Cc3cccc(F)c3)C2=O)cc1)c1ccccc1. The molecule has 4 rings (SSSR count). The summed E-state index contributed by atoms with van der Waals surface area (Å²) in [6.45, 7) is 1.93. The van der Waals surface area contributed by atoms with Gasteiger partial charge in [-0.2, -0.15) is 0 Å². The maximum absolute atomic E-state index is 13.4. The zero-order valence-electron chi connectivity index (χ0n) is 17.8. The Kier molecular flexibility index (Phi) is 6.70. The molecule has 1 saturated heterocycles. The molecular weight excluding hydrogens is 439 g/mol. The molecule has 1 N–H and O–H groups in total. The highest BCUT2D eigenvalue weighted by molar-refractivity contribution is 8.18. The fourth-order valence-electron chi connectivity index (χ4n) is 3.44. The molecule has 0 saturated carbocycles. The van der Waals surface area contributed by atoms with Gasteiger partial charge < -0.3 is 5.32 Å². The predicted octanol–water partition coefficient (Wildman–Crippen LogP) is 5.55. The summed E-state index contributed by atoms with van der Waals surface area (Å²) >= 11 is 0.842. The van der Waals surface area contributed by atoms with Crippen molar-refractivity contribution in [3.63, 3.8) is 0 Å². The second-order valence-electron chi connectivity index (χ2n) is 7.63. The van der Waals surface area contributed by atoms with Crippen molar-refractivity contribution in [2.75, 3.05) is 0 Å². The summed E-state index contributed by atoms with van der Waals surface area (Å²) in [7, 11) is 0. The van der Waals surface area contributed by atoms with Gasteiger partial charge in [-0.05, 0) is 65.7 Å². The van der Waals surface area contributed by atoms with Crippen molar-refractivity contribution in [2.45, 2.75) is 19.5 Å². The largest absolute Gasteiger partial charge is 0.346 e. The van der Waals surface area contributed by atoms with Gasteiger partial charge in [-0.15, -0.1) is 0 Å². The fourth-order valence-corrected chi connectivity index (χ4v) is 4.28. The summed E-state index contributed by atoms with van der Waals surface area (Å²) in [5, 5.41) is 2.56. The lowest BCUT2D eigenvalue weighted by molar-refractivity contribution is -0.123. The minimum atomic E-state index is -0.423. The number of hydrogen-bond acceptors (Lipinski definition) is 4. The molecule has 1 heterocycles. The lowest BCUT2D eigenvalue weighted by Crippen LogP contribution is -2.27. The number of halogens is 1. The van der Waals surface area contributed by atoms with E-state index in [1.165, 1.54) is 18.2 Å². The van der Waals surface area contributed by atoms with E-state index in [2.05, 4.69) is 5.32 Å². The van der Waals surface area contributed by atoms with Crippen molar-refractivity contribution < 1.29 is 18.8 Å². The van der Waals surface area contributed by atoms with Crippen LogP contribution in [-0.2, 0) is 11.3 Å². The van der Waals surface area contributed by atoms with Crippen molar-refractivity contribution in [1.82, 2.24) is 10.2 Å². The molecule has 1 aliphatic heterocycles. The fraction of sp³-hybridized carbons (Fsp3) is 0.115. The first-order chi connectivity index (χ1) is 15.9. The maximum atomic E-state index is 13.4. The van der Waals surface area contributed by atoms with E-state index < -0.39 is 17.0 Å². The molecule has 33 heavy (non-hydrogen) atoms. The lowest BCUT2D eigenvalue weighted by atomic mass is 10.1. The molecule has 1 fully saturated rings. The molecule has 3 aromatic rings. The molecule has 1 aliphatic rings. The van der Waals surface area contributed by atoms with Gasteiger partial charge >= 0.3 is 0 Å². The van der Waals surface area contributed by atoms with Gasteiger partial charge in [-0.1, -0.05) is 54.6 Å². The van der Waals surface area contributed by atoms with Crippen molar-refractivity contribution in [3.8, 4) is 0 Å². The first-order valence-corrected chi connectivity index (χ1v) is 11.2. The Bertz CT molecular complexity index is 1230. The van der Waals surface area contributed by atoms with Crippen LogP contribution in [0.5, 0.6) is 0 Å². The summed E-state index contributed by atoms with van der Waals surface area (Å²) in [6, 6.07) is 22.2. The average Bonchev–Trinajstić information content (AvgIpc) is 3.07. The van der Waals surface area contributed by atoms with E-state index in [1.54, 1.807) is 36.4 Å². The van der Waals surface area contributed by atoms with Gasteiger partial charge in [0.15, 0.2) is 0 Å². The van der Waals surface area contributed by atoms with Crippen LogP contribution in [0, 0.1) is 5.82 Å². The third-order valence-corrected chi connectivity index (χ3v) is 6.13. The molecule has 5 nitrogen and oxygen atoms in total. The van der Waals surface area contributed by atoms with Crippen molar-refractivity contribution in [1.29, 1.82) is 0 Å². The minimum Gasteiger partial charge on any atom is -0.346 e. The van der Waals surface area contributed by atoms with E-state index in [-0.39, 0.29) is 23.4 Å². The quantitative estimate of drug-likeness (QED) is 0.490. The van der Waals surface area contributed by atoms with Crippen LogP contribution in [0.2, 0.25) is 0 Å². The monoisotopic (exact) mass is 460 g/mol. The summed E-state index contributed by atoms with van der Waals surface area (Å²) in [4.78, 5) is 39.0. The van der Waals surface area contributed by atoms with Crippen LogP contribution in [0.1, 0.15) is 40.0 Å². The van der Waals surface area contributed by atoms with Crippen LogP contribution in [0.15, 0.2) is 83.8 Å². The van der Waals surface area contributed by atoms with E-state index in [9.17, 15) is 18.8 Å². The van der Waals surface area contributed by atoms with Crippen LogP contribution >= 0.6 is 11.8 Å². The average molecular weight is 461 g/mol. The molecule has 0 bridgehead atoms. The van der Waals surface area contributed by atoms with E-state index in [4.69, 9.17) is 0 Å². The Morgan fingerprint density at radius 1 is 1.03 bits per heavy atom. The standard InChI is InChI=1S/C26H21FN2O3S/c1-17(20-7-3-2-4-8-20)28-24(30)21-12-10-18(11-13-21)15-23-25(31)29(26(32)33-23)16-19-6-5-9-22(27)14-19/h2-15,17H,16H2,1H3,(H,28,30)/b23-15-/t17-/m1/s1. The molecule has 3 aromatic carbocycles. The number of amides is 3. The van der Waals surface area contributed by atoms with Gasteiger partial charge in [0, 0.05) is 5.56 Å². The first kappa shape index (κ1) is 22.5. The number of imide groups is 1. The number of benzene rings is 3. The Balaban J connectivity index is 1.42. The molecule has 3 amide bonds. The molecular formula is C26H21FN2O3S. The summed E-state index contributed by atoms with van der Waals surface area (Å²) in [5.41, 5.74) is 2.74. The third kappa shape index (κ3) is 5.38. The molecule has 166 valence electrons. The Hall–Kier alpha value is -3.71. The van der Waals surface area contributed by atoms with E-state index in [0.717, 1.165) is 22.2 Å². The van der Waals surface area contributed by atoms with Gasteiger partial charge in [-0.25, -0.2) is 4.39 Å². The Morgan fingerprint density at radius 2 is 1.76 bits per heavy atom. The Morgan fingerprint density at radius 3 is 2.45 bits per heavy atom. The topological polar surface area (TPSA) is 66.5 Å². The Labute approximate surface area is 195 Å². The molecule has 0 radical (unpaired) electrons. The molecule has 7 heteroatoms. The summed E-state index contributed by atoms with van der Waals surface area (Å²) in [5.74, 6) is -1.04. The second kappa shape index (κ2) is 9.83. The number of nitrogens with one attached hydrogen (secondary N) is 1. The third-order valence-electron chi connectivity index (χ3n) is 5.22. The molecule has 0 spiro atoms. The molecule has 0 aliphatic carbocycles. The smallest absolute Gasteiger partial charge is 0.293 e. The van der Waals surface area contributed by atoms with E-state index in [1.807, 2.05) is 37.3 Å². The van der Waals surface area contributed by atoms with Crippen molar-refractivity contribution in [2.24, 2.45) is 0 Å². The predicted molar refractivity (Wildman–Crippen MR) is 127 cm³/mol. The number of rotatable bonds is 6. The molecule has 0 aromatic heterocycles. The molecule has 1 atom stereocenters. The van der Waals surface area contributed by atoms with Gasteiger partial charge in [0.1, 0.15) is 5.82 Å². The van der Waals surface area contributed by atoms with E-state index >= 15 is 0 Å². The van der Waals surface area contributed by atoms with Crippen LogP contribution in [0.25, 0.3) is 6.08 Å². The highest BCUT2D eigenvalue weighted by Crippen LogP contribution is 2.33. The number of carbonyl (C=O) groups is 3. The van der Waals surface area contributed by atoms with Gasteiger partial charge in [0.05, 0.1) is 17.5 Å². The zero-order chi connectivity index (χ0) is 23.4. The highest BCUT2D eigenvalue weighted by Gasteiger charge is 2.35. The van der Waals surface area contributed by atoms with Crippen LogP contribution < -0.4 is 5.32 Å². The lowest BCUT2D eigenvalue weighted by Gasteiger charge is -2.14. The summed E-state index contributed by atoms with van der Waals surface area (Å²) in [6.07, 6.45) is 1.62. The molecule has 0 unspecified atom stereocenters. The van der Waals surface area contributed by atoms with Gasteiger partial charge in [0.2, 0.25) is 0 Å². The summed E-state index contributed by atoms with van der Waals surface area (Å²) < 4.78 is 13.4. The minimum absolute atomic E-state index is 0.0124. The number of thioether (sulfide) groups is 1. The van der Waals surface area contributed by atoms with Crippen LogP contribution in [-0.4, -0.2) is 22.0 Å². The van der Waals surface area contributed by atoms with E-state index in [0.29, 0.717) is 16.7 Å². The zero-order valence-corrected chi connectivity index (χ0v) is 18.6. The first-order valence-electron chi connectivity index (χ1n) is 10.4. The highest BCUT2D eigenvalue weighted by atomic mass is 32.2. The van der Waals surface area contributed by atoms with Gasteiger partial charge in [-0.3, -0.25) is 19.3 Å². The number of carbonyl (C=O) groups excluding carboxylic acids is 3. The maximum Gasteiger partial charge on any atom is 0.293 e.